The van der Waals surface area contributed by atoms with Gasteiger partial charge in [-0.2, -0.15) is 0 Å². The summed E-state index contributed by atoms with van der Waals surface area (Å²) in [5.74, 6) is 0.565. The van der Waals surface area contributed by atoms with Crippen molar-refractivity contribution in [1.82, 2.24) is 9.97 Å². The van der Waals surface area contributed by atoms with Crippen LogP contribution >= 0.6 is 0 Å². The van der Waals surface area contributed by atoms with Gasteiger partial charge in [-0.15, -0.1) is 0 Å². The van der Waals surface area contributed by atoms with E-state index in [1.165, 1.54) is 11.9 Å². The first-order valence-corrected chi connectivity index (χ1v) is 9.10. The molecule has 0 atom stereocenters. The van der Waals surface area contributed by atoms with Crippen LogP contribution in [0.1, 0.15) is 22.8 Å². The number of esters is 1. The second-order valence-electron chi connectivity index (χ2n) is 6.04. The lowest BCUT2D eigenvalue weighted by Gasteiger charge is -2.14. The average molecular weight is 377 g/mol. The first-order valence-electron chi connectivity index (χ1n) is 9.10. The van der Waals surface area contributed by atoms with E-state index in [4.69, 9.17) is 10.5 Å². The van der Waals surface area contributed by atoms with E-state index in [1.54, 1.807) is 25.1 Å². The summed E-state index contributed by atoms with van der Waals surface area (Å²) in [7, 11) is 0. The van der Waals surface area contributed by atoms with Gasteiger partial charge in [0.2, 0.25) is 0 Å². The van der Waals surface area contributed by atoms with Crippen molar-refractivity contribution in [2.75, 3.05) is 29.5 Å². The number of nitrogens with one attached hydrogen (secondary N) is 2. The molecule has 144 valence electrons. The van der Waals surface area contributed by atoms with E-state index in [0.717, 1.165) is 6.42 Å². The maximum Gasteiger partial charge on any atom is 0.340 e. The zero-order valence-corrected chi connectivity index (χ0v) is 15.7. The second kappa shape index (κ2) is 9.36. The topological polar surface area (TPSA) is 102 Å². The minimum absolute atomic E-state index is 0.304. The molecule has 1 aromatic heterocycles. The molecule has 7 heteroatoms. The maximum atomic E-state index is 12.1. The molecule has 0 radical (unpaired) electrons. The molecule has 0 saturated carbocycles. The smallest absolute Gasteiger partial charge is 0.340 e. The van der Waals surface area contributed by atoms with E-state index in [2.05, 4.69) is 32.7 Å². The molecule has 0 saturated heterocycles. The van der Waals surface area contributed by atoms with Crippen molar-refractivity contribution >= 4 is 29.0 Å². The van der Waals surface area contributed by atoms with Crippen LogP contribution in [-0.4, -0.2) is 29.1 Å². The number of hydrogen-bond acceptors (Lipinski definition) is 7. The van der Waals surface area contributed by atoms with Crippen LogP contribution in [0.2, 0.25) is 0 Å². The van der Waals surface area contributed by atoms with Crippen molar-refractivity contribution in [2.24, 2.45) is 0 Å². The van der Waals surface area contributed by atoms with Gasteiger partial charge < -0.3 is 21.1 Å². The summed E-state index contributed by atoms with van der Waals surface area (Å²) in [6.45, 7) is 2.76. The Labute approximate surface area is 164 Å². The molecule has 3 aromatic rings. The van der Waals surface area contributed by atoms with E-state index >= 15 is 0 Å². The number of nitrogens with zero attached hydrogens (tertiary/aromatic N) is 2. The van der Waals surface area contributed by atoms with E-state index in [-0.39, 0.29) is 0 Å². The first kappa shape index (κ1) is 19.2. The number of hydrogen-bond donors (Lipinski definition) is 3. The molecule has 0 amide bonds. The number of anilines is 4. The lowest BCUT2D eigenvalue weighted by atomic mass is 10.1. The monoisotopic (exact) mass is 377 g/mol. The number of ether oxygens (including phenoxy) is 1. The summed E-state index contributed by atoms with van der Waals surface area (Å²) in [4.78, 5) is 20.6. The summed E-state index contributed by atoms with van der Waals surface area (Å²) in [6.07, 6.45) is 2.27. The van der Waals surface area contributed by atoms with Gasteiger partial charge in [-0.1, -0.05) is 42.5 Å². The Morgan fingerprint density at radius 2 is 1.75 bits per heavy atom. The molecule has 0 spiro atoms. The van der Waals surface area contributed by atoms with Crippen LogP contribution < -0.4 is 16.4 Å². The van der Waals surface area contributed by atoms with Gasteiger partial charge in [0.25, 0.3) is 0 Å². The van der Waals surface area contributed by atoms with Gasteiger partial charge >= 0.3 is 5.97 Å². The van der Waals surface area contributed by atoms with Gasteiger partial charge in [0.15, 0.2) is 11.6 Å². The highest BCUT2D eigenvalue weighted by molar-refractivity contribution is 5.97. The van der Waals surface area contributed by atoms with Crippen molar-refractivity contribution in [3.05, 3.63) is 72.1 Å². The fraction of sp³-hybridized carbons (Fsp3) is 0.190. The zero-order valence-electron chi connectivity index (χ0n) is 15.7. The molecule has 0 aliphatic heterocycles. The number of carbonyl (C=O) groups is 1. The minimum Gasteiger partial charge on any atom is -0.462 e. The second-order valence-corrected chi connectivity index (χ2v) is 6.04. The van der Waals surface area contributed by atoms with Crippen molar-refractivity contribution in [3.63, 3.8) is 0 Å². The summed E-state index contributed by atoms with van der Waals surface area (Å²) in [5, 5.41) is 6.35. The molecule has 7 nitrogen and oxygen atoms in total. The van der Waals surface area contributed by atoms with Crippen LogP contribution in [-0.2, 0) is 11.2 Å². The molecule has 3 rings (SSSR count). The lowest BCUT2D eigenvalue weighted by molar-refractivity contribution is 0.0527. The summed E-state index contributed by atoms with van der Waals surface area (Å²) in [6, 6.07) is 17.2. The molecule has 1 heterocycles. The number of nitrogens with two attached hydrogens (primary N) is 1. The van der Waals surface area contributed by atoms with Crippen molar-refractivity contribution < 1.29 is 9.53 Å². The van der Waals surface area contributed by atoms with Crippen LogP contribution in [0.3, 0.4) is 0 Å². The van der Waals surface area contributed by atoms with Gasteiger partial charge in [-0.05, 0) is 31.0 Å². The molecular weight excluding hydrogens is 354 g/mol. The highest BCUT2D eigenvalue weighted by Crippen LogP contribution is 2.27. The average Bonchev–Trinajstić information content (AvgIpc) is 2.72. The number of nitrogen functional groups attached to an aromatic ring is 1. The summed E-state index contributed by atoms with van der Waals surface area (Å²) in [5.41, 5.74) is 8.83. The van der Waals surface area contributed by atoms with Crippen LogP contribution in [0.25, 0.3) is 0 Å². The van der Waals surface area contributed by atoms with Gasteiger partial charge in [-0.25, -0.2) is 14.8 Å². The molecule has 4 N–H and O–H groups in total. The van der Waals surface area contributed by atoms with Crippen LogP contribution in [0.15, 0.2) is 60.9 Å². The first-order chi connectivity index (χ1) is 13.7. The highest BCUT2D eigenvalue weighted by Gasteiger charge is 2.14. The Morgan fingerprint density at radius 1 is 1.04 bits per heavy atom. The quantitative estimate of drug-likeness (QED) is 0.515. The highest BCUT2D eigenvalue weighted by atomic mass is 16.5. The van der Waals surface area contributed by atoms with Crippen molar-refractivity contribution in [3.8, 4) is 0 Å². The number of carbonyl (C=O) groups excluding carboxylic acids is 1. The molecular formula is C21H23N5O2. The summed E-state index contributed by atoms with van der Waals surface area (Å²) < 4.78 is 5.10. The van der Waals surface area contributed by atoms with Gasteiger partial charge in [-0.3, -0.25) is 0 Å². The SMILES string of the molecule is CCOC(=O)c1ccccc1Nc1ncnc(NCCc2ccccc2)c1N. The number of para-hydroxylation sites is 1. The number of benzene rings is 2. The van der Waals surface area contributed by atoms with E-state index in [0.29, 0.717) is 41.7 Å². The predicted molar refractivity (Wildman–Crippen MR) is 111 cm³/mol. The third-order valence-electron chi connectivity index (χ3n) is 4.11. The van der Waals surface area contributed by atoms with Crippen LogP contribution in [0, 0.1) is 0 Å². The van der Waals surface area contributed by atoms with Crippen molar-refractivity contribution in [2.45, 2.75) is 13.3 Å². The molecule has 0 unspecified atom stereocenters. The number of rotatable bonds is 8. The van der Waals surface area contributed by atoms with Gasteiger partial charge in [0, 0.05) is 6.54 Å². The van der Waals surface area contributed by atoms with Crippen LogP contribution in [0.5, 0.6) is 0 Å². The predicted octanol–water partition coefficient (Wildman–Crippen LogP) is 3.63. The Hall–Kier alpha value is -3.61. The Balaban J connectivity index is 1.72. The lowest BCUT2D eigenvalue weighted by Crippen LogP contribution is -2.12. The van der Waals surface area contributed by atoms with Crippen LogP contribution in [0.4, 0.5) is 23.0 Å². The Kier molecular flexibility index (Phi) is 6.41. The van der Waals surface area contributed by atoms with Crippen molar-refractivity contribution in [1.29, 1.82) is 0 Å². The molecule has 0 fully saturated rings. The molecule has 2 aromatic carbocycles. The van der Waals surface area contributed by atoms with E-state index in [9.17, 15) is 4.79 Å². The third-order valence-corrected chi connectivity index (χ3v) is 4.11. The molecule has 28 heavy (non-hydrogen) atoms. The normalized spacial score (nSPS) is 10.3. The fourth-order valence-electron chi connectivity index (χ4n) is 2.71. The van der Waals surface area contributed by atoms with Gasteiger partial charge in [0.05, 0.1) is 17.9 Å². The molecule has 0 aliphatic carbocycles. The number of aromatic nitrogens is 2. The van der Waals surface area contributed by atoms with E-state index < -0.39 is 5.97 Å². The standard InChI is InChI=1S/C21H23N5O2/c1-2-28-21(27)16-10-6-7-11-17(16)26-20-18(22)19(24-14-25-20)23-13-12-15-8-4-3-5-9-15/h3-11,14H,2,12-13,22H2,1H3,(H2,23,24,25,26). The molecule has 0 bridgehead atoms. The zero-order chi connectivity index (χ0) is 19.8. The Morgan fingerprint density at radius 3 is 2.54 bits per heavy atom. The van der Waals surface area contributed by atoms with Gasteiger partial charge in [0.1, 0.15) is 12.0 Å². The Bertz CT molecular complexity index is 931. The largest absolute Gasteiger partial charge is 0.462 e. The molecule has 0 aliphatic rings. The summed E-state index contributed by atoms with van der Waals surface area (Å²) >= 11 is 0. The van der Waals surface area contributed by atoms with E-state index in [1.807, 2.05) is 24.3 Å². The maximum absolute atomic E-state index is 12.1. The minimum atomic E-state index is -0.403. The third kappa shape index (κ3) is 4.76. The fourth-order valence-corrected chi connectivity index (χ4v) is 2.71.